The number of amidine groups is 1. The van der Waals surface area contributed by atoms with Gasteiger partial charge in [-0.1, -0.05) is 42.5 Å². The minimum atomic E-state index is -0.354. The number of ether oxygens (including phenoxy) is 1. The molecule has 0 bridgehead atoms. The van der Waals surface area contributed by atoms with Gasteiger partial charge in [-0.2, -0.15) is 0 Å². The maximum Gasteiger partial charge on any atom is 0.338 e. The third kappa shape index (κ3) is 2.55. The third-order valence-corrected chi connectivity index (χ3v) is 3.77. The van der Waals surface area contributed by atoms with Gasteiger partial charge < -0.3 is 10.1 Å². The molecule has 4 nitrogen and oxygen atoms in total. The van der Waals surface area contributed by atoms with Crippen LogP contribution in [0.1, 0.15) is 10.4 Å². The van der Waals surface area contributed by atoms with E-state index < -0.39 is 0 Å². The van der Waals surface area contributed by atoms with E-state index >= 15 is 0 Å². The van der Waals surface area contributed by atoms with E-state index in [1.54, 1.807) is 12.1 Å². The van der Waals surface area contributed by atoms with Gasteiger partial charge in [0.25, 0.3) is 0 Å². The van der Waals surface area contributed by atoms with Crippen LogP contribution in [-0.4, -0.2) is 18.4 Å². The Balaban J connectivity index is 1.56. The van der Waals surface area contributed by atoms with Crippen molar-refractivity contribution in [1.82, 2.24) is 0 Å². The normalized spacial score (nSPS) is 12.4. The zero-order valence-electron chi connectivity index (χ0n) is 12.3. The number of rotatable bonds is 3. The second kappa shape index (κ2) is 5.57. The van der Waals surface area contributed by atoms with Crippen molar-refractivity contribution < 1.29 is 9.53 Å². The summed E-state index contributed by atoms with van der Waals surface area (Å²) in [7, 11) is 0. The first kappa shape index (κ1) is 13.5. The van der Waals surface area contributed by atoms with Gasteiger partial charge in [-0.25, -0.2) is 9.79 Å². The number of hydrogen-bond acceptors (Lipinski definition) is 4. The molecule has 0 aliphatic carbocycles. The smallest absolute Gasteiger partial charge is 0.338 e. The first-order valence-corrected chi connectivity index (χ1v) is 7.40. The van der Waals surface area contributed by atoms with Gasteiger partial charge in [-0.3, -0.25) is 0 Å². The lowest BCUT2D eigenvalue weighted by Crippen LogP contribution is -2.22. The number of hydrogen-bond donors (Lipinski definition) is 1. The Morgan fingerprint density at radius 2 is 1.74 bits per heavy atom. The van der Waals surface area contributed by atoms with Gasteiger partial charge in [0.1, 0.15) is 12.4 Å². The summed E-state index contributed by atoms with van der Waals surface area (Å²) in [6, 6.07) is 21.0. The standard InChI is InChI=1S/C19H14N2O2/c22-19(14-6-2-1-3-7-14)23-12-17-20-15-10-4-8-13-9-5-11-16(21-17)18(13)15/h1-11H,12H2,(H,20,21). The molecule has 1 N–H and O–H groups in total. The lowest BCUT2D eigenvalue weighted by Gasteiger charge is -2.18. The second-order valence-electron chi connectivity index (χ2n) is 5.31. The van der Waals surface area contributed by atoms with Crippen LogP contribution >= 0.6 is 0 Å². The molecule has 23 heavy (non-hydrogen) atoms. The Labute approximate surface area is 133 Å². The van der Waals surface area contributed by atoms with E-state index in [4.69, 9.17) is 4.74 Å². The van der Waals surface area contributed by atoms with Crippen LogP contribution in [0.3, 0.4) is 0 Å². The summed E-state index contributed by atoms with van der Waals surface area (Å²) in [5.74, 6) is 0.271. The molecule has 0 saturated heterocycles. The lowest BCUT2D eigenvalue weighted by atomic mass is 10.1. The second-order valence-corrected chi connectivity index (χ2v) is 5.31. The van der Waals surface area contributed by atoms with Gasteiger partial charge in [0.05, 0.1) is 11.3 Å². The van der Waals surface area contributed by atoms with Crippen molar-refractivity contribution in [2.75, 3.05) is 11.9 Å². The molecule has 4 rings (SSSR count). The molecule has 1 aliphatic heterocycles. The van der Waals surface area contributed by atoms with Gasteiger partial charge in [-0.05, 0) is 29.7 Å². The minimum absolute atomic E-state index is 0.110. The molecule has 1 aliphatic rings. The van der Waals surface area contributed by atoms with Crippen molar-refractivity contribution in [3.8, 4) is 0 Å². The zero-order chi connectivity index (χ0) is 15.6. The van der Waals surface area contributed by atoms with E-state index in [2.05, 4.69) is 22.4 Å². The van der Waals surface area contributed by atoms with Crippen LogP contribution in [0.15, 0.2) is 71.7 Å². The van der Waals surface area contributed by atoms with Gasteiger partial charge >= 0.3 is 5.97 Å². The Kier molecular flexibility index (Phi) is 3.27. The van der Waals surface area contributed by atoms with Crippen LogP contribution in [0, 0.1) is 0 Å². The fraction of sp³-hybridized carbons (Fsp3) is 0.0526. The number of benzene rings is 3. The summed E-state index contributed by atoms with van der Waals surface area (Å²) in [5.41, 5.74) is 2.41. The Bertz CT molecular complexity index is 912. The first-order valence-electron chi connectivity index (χ1n) is 7.40. The maximum absolute atomic E-state index is 12.0. The van der Waals surface area contributed by atoms with Gasteiger partial charge in [0.15, 0.2) is 0 Å². The number of esters is 1. The highest BCUT2D eigenvalue weighted by molar-refractivity contribution is 6.14. The fourth-order valence-electron chi connectivity index (χ4n) is 2.71. The summed E-state index contributed by atoms with van der Waals surface area (Å²) in [6.07, 6.45) is 0. The number of nitrogens with zero attached hydrogens (tertiary/aromatic N) is 1. The summed E-state index contributed by atoms with van der Waals surface area (Å²) < 4.78 is 5.35. The van der Waals surface area contributed by atoms with Crippen molar-refractivity contribution in [1.29, 1.82) is 0 Å². The number of aliphatic imine (C=N–C) groups is 1. The molecule has 0 radical (unpaired) electrons. The molecular formula is C19H14N2O2. The van der Waals surface area contributed by atoms with Gasteiger partial charge in [-0.15, -0.1) is 0 Å². The SMILES string of the molecule is O=C(OCC1=Nc2cccc3cccc(c23)N1)c1ccccc1. The number of nitrogens with one attached hydrogen (secondary N) is 1. The molecule has 3 aromatic carbocycles. The fourth-order valence-corrected chi connectivity index (χ4v) is 2.71. The monoisotopic (exact) mass is 302 g/mol. The average Bonchev–Trinajstić information content (AvgIpc) is 2.61. The minimum Gasteiger partial charge on any atom is -0.454 e. The topological polar surface area (TPSA) is 50.7 Å². The Morgan fingerprint density at radius 3 is 2.57 bits per heavy atom. The van der Waals surface area contributed by atoms with E-state index in [1.165, 1.54) is 0 Å². The molecule has 0 atom stereocenters. The highest BCUT2D eigenvalue weighted by Crippen LogP contribution is 2.35. The molecular weight excluding hydrogens is 288 g/mol. The van der Waals surface area contributed by atoms with Crippen LogP contribution in [0.25, 0.3) is 10.8 Å². The molecule has 0 fully saturated rings. The van der Waals surface area contributed by atoms with E-state index in [-0.39, 0.29) is 12.6 Å². The summed E-state index contributed by atoms with van der Waals surface area (Å²) in [4.78, 5) is 16.6. The quantitative estimate of drug-likeness (QED) is 0.739. The predicted molar refractivity (Wildman–Crippen MR) is 91.4 cm³/mol. The van der Waals surface area contributed by atoms with Gasteiger partial charge in [0, 0.05) is 11.1 Å². The molecule has 1 heterocycles. The van der Waals surface area contributed by atoms with Crippen molar-refractivity contribution >= 4 is 34.0 Å². The number of carbonyl (C=O) groups is 1. The van der Waals surface area contributed by atoms with Crippen LogP contribution in [-0.2, 0) is 4.74 Å². The average molecular weight is 302 g/mol. The molecule has 0 unspecified atom stereocenters. The molecule has 0 aromatic heterocycles. The van der Waals surface area contributed by atoms with Crippen LogP contribution in [0.2, 0.25) is 0 Å². The van der Waals surface area contributed by atoms with Gasteiger partial charge in [0.2, 0.25) is 0 Å². The van der Waals surface area contributed by atoms with Crippen molar-refractivity contribution in [2.24, 2.45) is 4.99 Å². The third-order valence-electron chi connectivity index (χ3n) is 3.77. The van der Waals surface area contributed by atoms with Crippen molar-refractivity contribution in [3.63, 3.8) is 0 Å². The summed E-state index contributed by atoms with van der Waals surface area (Å²) >= 11 is 0. The number of anilines is 1. The molecule has 112 valence electrons. The molecule has 4 heteroatoms. The lowest BCUT2D eigenvalue weighted by molar-refractivity contribution is 0.0563. The molecule has 0 spiro atoms. The van der Waals surface area contributed by atoms with Crippen LogP contribution in [0.4, 0.5) is 11.4 Å². The summed E-state index contributed by atoms with van der Waals surface area (Å²) in [6.45, 7) is 0.110. The molecule has 0 saturated carbocycles. The van der Waals surface area contributed by atoms with E-state index in [0.29, 0.717) is 11.4 Å². The highest BCUT2D eigenvalue weighted by atomic mass is 16.5. The maximum atomic E-state index is 12.0. The van der Waals surface area contributed by atoms with Crippen LogP contribution < -0.4 is 5.32 Å². The van der Waals surface area contributed by atoms with E-state index in [0.717, 1.165) is 22.1 Å². The largest absolute Gasteiger partial charge is 0.454 e. The molecule has 0 amide bonds. The predicted octanol–water partition coefficient (Wildman–Crippen LogP) is 4.15. The Morgan fingerprint density at radius 1 is 0.957 bits per heavy atom. The number of carbonyl (C=O) groups excluding carboxylic acids is 1. The Hall–Kier alpha value is -3.14. The van der Waals surface area contributed by atoms with E-state index in [9.17, 15) is 4.79 Å². The first-order chi connectivity index (χ1) is 11.3. The zero-order valence-corrected chi connectivity index (χ0v) is 12.3. The summed E-state index contributed by atoms with van der Waals surface area (Å²) in [5, 5.41) is 5.47. The highest BCUT2D eigenvalue weighted by Gasteiger charge is 2.15. The molecule has 3 aromatic rings. The van der Waals surface area contributed by atoms with Crippen molar-refractivity contribution in [3.05, 3.63) is 72.3 Å². The van der Waals surface area contributed by atoms with E-state index in [1.807, 2.05) is 42.5 Å². The van der Waals surface area contributed by atoms with Crippen molar-refractivity contribution in [2.45, 2.75) is 0 Å². The van der Waals surface area contributed by atoms with Crippen LogP contribution in [0.5, 0.6) is 0 Å².